The van der Waals surface area contributed by atoms with Crippen molar-refractivity contribution in [1.82, 2.24) is 24.7 Å². The van der Waals surface area contributed by atoms with Gasteiger partial charge in [0.15, 0.2) is 0 Å². The average molecular weight is 563 g/mol. The molecule has 3 N–H and O–H groups in total. The maximum absolute atomic E-state index is 13.3. The molecule has 1 fully saturated rings. The molecule has 3 aromatic rings. The highest BCUT2D eigenvalue weighted by Gasteiger charge is 2.24. The van der Waals surface area contributed by atoms with Gasteiger partial charge in [-0.3, -0.25) is 9.69 Å². The Morgan fingerprint density at radius 2 is 1.85 bits per heavy atom. The summed E-state index contributed by atoms with van der Waals surface area (Å²) in [5.41, 5.74) is 11.2. The maximum Gasteiger partial charge on any atom is 0.256 e. The molecule has 8 nitrogen and oxygen atoms in total. The predicted molar refractivity (Wildman–Crippen MR) is 174 cm³/mol. The van der Waals surface area contributed by atoms with E-state index in [0.29, 0.717) is 11.3 Å². The lowest BCUT2D eigenvalue weighted by atomic mass is 10.0. The number of carbonyl (C=O) groups excluding carboxylic acids is 1. The third-order valence-electron chi connectivity index (χ3n) is 6.96. The molecule has 0 aliphatic carbocycles. The fraction of sp³-hybridized carbons (Fsp3) is 0.455. The fourth-order valence-corrected chi connectivity index (χ4v) is 4.29. The highest BCUT2D eigenvalue weighted by atomic mass is 16.5. The van der Waals surface area contributed by atoms with Crippen LogP contribution in [-0.4, -0.2) is 91.0 Å². The minimum atomic E-state index is 0.00357. The number of anilines is 1. The van der Waals surface area contributed by atoms with Gasteiger partial charge in [0, 0.05) is 73.9 Å². The molecule has 1 saturated heterocycles. The zero-order valence-corrected chi connectivity index (χ0v) is 26.3. The first-order chi connectivity index (χ1) is 19.8. The van der Waals surface area contributed by atoms with Gasteiger partial charge in [0.25, 0.3) is 5.91 Å². The fourth-order valence-electron chi connectivity index (χ4n) is 4.29. The Balaban J connectivity index is 0.000000654. The number of nitrogens with two attached hydrogens (primary N) is 1. The molecule has 0 radical (unpaired) electrons. The number of ether oxygens (including phenoxy) is 1. The molecule has 8 heteroatoms. The number of hydrogen-bond acceptors (Lipinski definition) is 6. The number of benzene rings is 1. The van der Waals surface area contributed by atoms with Crippen LogP contribution in [0.4, 0.5) is 5.69 Å². The van der Waals surface area contributed by atoms with Gasteiger partial charge >= 0.3 is 0 Å². The summed E-state index contributed by atoms with van der Waals surface area (Å²) in [6.07, 6.45) is 11.0. The number of likely N-dealkylation sites (N-methyl/N-ethyl adjacent to an activating group) is 1. The Morgan fingerprint density at radius 3 is 2.44 bits per heavy atom. The normalized spacial score (nSPS) is 14.1. The molecule has 2 aromatic heterocycles. The van der Waals surface area contributed by atoms with Crippen LogP contribution in [0.2, 0.25) is 0 Å². The van der Waals surface area contributed by atoms with Crippen molar-refractivity contribution in [3.8, 4) is 11.1 Å². The van der Waals surface area contributed by atoms with Crippen molar-refractivity contribution in [2.45, 2.75) is 41.0 Å². The van der Waals surface area contributed by atoms with Gasteiger partial charge in [-0.05, 0) is 58.1 Å². The number of hydrogen-bond donors (Lipinski definition) is 2. The number of fused-ring (bicyclic) bond motifs is 1. The molecule has 1 amide bonds. The van der Waals surface area contributed by atoms with Crippen molar-refractivity contribution in [2.75, 3.05) is 66.2 Å². The zero-order valence-electron chi connectivity index (χ0n) is 26.3. The Hall–Kier alpha value is -3.62. The summed E-state index contributed by atoms with van der Waals surface area (Å²) in [5.74, 6) is 0.971. The van der Waals surface area contributed by atoms with Gasteiger partial charge in [-0.15, -0.1) is 0 Å². The standard InChI is InChI=1S/C26H34N6O.C5H10O.C2H6/c1-4-5-6-20-17-28-25-22(20)16-21(18-29-25)19-7-8-24(27)23(15-19)26(33)32-13-11-31(12-14-32)10-9-30(2)3;1-4-5(2)6-3;1-2/h5-8,15-18H,4,9-14,27H2,1-3H3,(H,28,29);4H,1-3H3;1-2H3/b6-5+;5-4+;. The molecule has 0 unspecified atom stereocenters. The molecular formula is C33H50N6O2. The SMILES string of the molecule is C/C=C(\C)OC.CC.CC/C=C/c1c[nH]c2ncc(-c3ccc(N)c(C(=O)N4CCN(CCN(C)C)CC4)c3)cc12. The van der Waals surface area contributed by atoms with Crippen LogP contribution in [0.15, 0.2) is 54.6 Å². The van der Waals surface area contributed by atoms with Gasteiger partial charge in [0.1, 0.15) is 5.65 Å². The van der Waals surface area contributed by atoms with Crippen LogP contribution in [0.3, 0.4) is 0 Å². The van der Waals surface area contributed by atoms with Crippen LogP contribution < -0.4 is 5.73 Å². The first kappa shape index (κ1) is 33.6. The summed E-state index contributed by atoms with van der Waals surface area (Å²) < 4.78 is 4.76. The van der Waals surface area contributed by atoms with E-state index in [9.17, 15) is 4.79 Å². The van der Waals surface area contributed by atoms with E-state index in [1.807, 2.05) is 69.3 Å². The summed E-state index contributed by atoms with van der Waals surface area (Å²) in [6.45, 7) is 15.3. The largest absolute Gasteiger partial charge is 0.502 e. The highest BCUT2D eigenvalue weighted by molar-refractivity contribution is 6.01. The summed E-state index contributed by atoms with van der Waals surface area (Å²) in [4.78, 5) is 27.6. The second-order valence-electron chi connectivity index (χ2n) is 10.0. The van der Waals surface area contributed by atoms with Gasteiger partial charge in [-0.2, -0.15) is 0 Å². The van der Waals surface area contributed by atoms with E-state index in [4.69, 9.17) is 10.5 Å². The van der Waals surface area contributed by atoms with Crippen molar-refractivity contribution in [1.29, 1.82) is 0 Å². The third kappa shape index (κ3) is 9.76. The van der Waals surface area contributed by atoms with Crippen molar-refractivity contribution in [2.24, 2.45) is 0 Å². The van der Waals surface area contributed by atoms with E-state index in [1.54, 1.807) is 7.11 Å². The molecule has 0 atom stereocenters. The number of aromatic nitrogens is 2. The van der Waals surface area contributed by atoms with Crippen LogP contribution in [0, 0.1) is 0 Å². The van der Waals surface area contributed by atoms with Gasteiger partial charge in [-0.25, -0.2) is 4.98 Å². The minimum Gasteiger partial charge on any atom is -0.502 e. The van der Waals surface area contributed by atoms with E-state index >= 15 is 0 Å². The molecule has 224 valence electrons. The summed E-state index contributed by atoms with van der Waals surface area (Å²) >= 11 is 0. The van der Waals surface area contributed by atoms with Gasteiger partial charge < -0.3 is 25.3 Å². The lowest BCUT2D eigenvalue weighted by Crippen LogP contribution is -2.50. The van der Waals surface area contributed by atoms with Crippen molar-refractivity contribution in [3.05, 3.63) is 65.7 Å². The van der Waals surface area contributed by atoms with Gasteiger partial charge in [-0.1, -0.05) is 45.1 Å². The first-order valence-electron chi connectivity index (χ1n) is 14.6. The van der Waals surface area contributed by atoms with E-state index < -0.39 is 0 Å². The lowest BCUT2D eigenvalue weighted by molar-refractivity contribution is 0.0631. The molecule has 0 saturated carbocycles. The molecule has 0 spiro atoms. The van der Waals surface area contributed by atoms with Crippen molar-refractivity contribution >= 4 is 28.7 Å². The highest BCUT2D eigenvalue weighted by Crippen LogP contribution is 2.28. The molecule has 4 rings (SSSR count). The number of aromatic amines is 1. The third-order valence-corrected chi connectivity index (χ3v) is 6.96. The smallest absolute Gasteiger partial charge is 0.256 e. The number of nitrogens with one attached hydrogen (secondary N) is 1. The molecule has 0 bridgehead atoms. The maximum atomic E-state index is 13.3. The number of H-pyrrole nitrogens is 1. The van der Waals surface area contributed by atoms with Crippen LogP contribution in [-0.2, 0) is 4.74 Å². The zero-order chi connectivity index (χ0) is 30.4. The molecule has 1 aliphatic heterocycles. The van der Waals surface area contributed by atoms with Crippen LogP contribution in [0.5, 0.6) is 0 Å². The Kier molecular flexibility index (Phi) is 14.1. The topological polar surface area (TPSA) is 90.7 Å². The Bertz CT molecular complexity index is 1290. The number of methoxy groups -OCH3 is 1. The second-order valence-corrected chi connectivity index (χ2v) is 10.0. The number of rotatable bonds is 8. The summed E-state index contributed by atoms with van der Waals surface area (Å²) in [7, 11) is 5.83. The average Bonchev–Trinajstić information content (AvgIpc) is 3.42. The molecular weight excluding hydrogens is 512 g/mol. The Morgan fingerprint density at radius 1 is 1.15 bits per heavy atom. The van der Waals surface area contributed by atoms with Gasteiger partial charge in [0.05, 0.1) is 18.4 Å². The van der Waals surface area contributed by atoms with Crippen LogP contribution in [0.1, 0.15) is 57.0 Å². The van der Waals surface area contributed by atoms with Crippen LogP contribution >= 0.6 is 0 Å². The number of carbonyl (C=O) groups is 1. The number of pyridine rings is 1. The summed E-state index contributed by atoms with van der Waals surface area (Å²) in [6, 6.07) is 7.82. The quantitative estimate of drug-likeness (QED) is 0.253. The molecule has 1 aliphatic rings. The number of nitrogen functional groups attached to an aromatic ring is 1. The summed E-state index contributed by atoms with van der Waals surface area (Å²) in [5, 5.41) is 1.07. The van der Waals surface area contributed by atoms with Crippen molar-refractivity contribution < 1.29 is 9.53 Å². The number of nitrogens with zero attached hydrogens (tertiary/aromatic N) is 4. The predicted octanol–water partition coefficient (Wildman–Crippen LogP) is 6.14. The number of piperazine rings is 1. The number of amides is 1. The van der Waals surface area contributed by atoms with E-state index in [2.05, 4.69) is 59.0 Å². The van der Waals surface area contributed by atoms with E-state index in [0.717, 1.165) is 79.2 Å². The first-order valence-corrected chi connectivity index (χ1v) is 14.6. The molecule has 3 heterocycles. The van der Waals surface area contributed by atoms with Crippen LogP contribution in [0.25, 0.3) is 28.2 Å². The molecule has 1 aromatic carbocycles. The Labute approximate surface area is 246 Å². The molecule has 41 heavy (non-hydrogen) atoms. The minimum absolute atomic E-state index is 0.00357. The van der Waals surface area contributed by atoms with E-state index in [-0.39, 0.29) is 5.91 Å². The second kappa shape index (κ2) is 17.3. The monoisotopic (exact) mass is 562 g/mol. The van der Waals surface area contributed by atoms with Crippen molar-refractivity contribution in [3.63, 3.8) is 0 Å². The lowest BCUT2D eigenvalue weighted by Gasteiger charge is -2.35. The van der Waals surface area contributed by atoms with Gasteiger partial charge in [0.2, 0.25) is 0 Å². The number of allylic oxidation sites excluding steroid dienone is 3. The van der Waals surface area contributed by atoms with E-state index in [1.165, 1.54) is 0 Å².